The summed E-state index contributed by atoms with van der Waals surface area (Å²) in [4.78, 5) is 14.3. The largest absolute Gasteiger partial charge is 0.370 e. The minimum absolute atomic E-state index is 0.0172. The van der Waals surface area contributed by atoms with Crippen LogP contribution in [0.1, 0.15) is 19.0 Å². The molecule has 6 nitrogen and oxygen atoms in total. The second kappa shape index (κ2) is 6.44. The molecule has 0 aliphatic heterocycles. The molecule has 0 aliphatic rings. The highest BCUT2D eigenvalue weighted by molar-refractivity contribution is 7.84. The topological polar surface area (TPSA) is 85.1 Å². The van der Waals surface area contributed by atoms with E-state index in [1.807, 2.05) is 6.92 Å². The Labute approximate surface area is 108 Å². The van der Waals surface area contributed by atoms with Gasteiger partial charge < -0.3 is 5.32 Å². The van der Waals surface area contributed by atoms with Gasteiger partial charge in [-0.1, -0.05) is 6.92 Å². The van der Waals surface area contributed by atoms with E-state index in [9.17, 15) is 14.3 Å². The fourth-order valence-corrected chi connectivity index (χ4v) is 1.86. The van der Waals surface area contributed by atoms with Crippen molar-refractivity contribution in [2.24, 2.45) is 0 Å². The molecule has 0 aromatic carbocycles. The van der Waals surface area contributed by atoms with Crippen molar-refractivity contribution in [3.63, 3.8) is 0 Å². The summed E-state index contributed by atoms with van der Waals surface area (Å²) in [6, 6.07) is 3.02. The van der Waals surface area contributed by atoms with Crippen LogP contribution in [-0.4, -0.2) is 32.2 Å². The standard InChI is InChI=1S/C11H17N3O3S/c1-8(18(3)17)6-7-12-11-5-4-10(14(15)16)9(2)13-11/h4-5,8H,6-7H2,1-3H3,(H,12,13). The molecule has 2 unspecified atom stereocenters. The summed E-state index contributed by atoms with van der Waals surface area (Å²) in [5.41, 5.74) is 0.403. The van der Waals surface area contributed by atoms with Gasteiger partial charge in [0.1, 0.15) is 11.5 Å². The van der Waals surface area contributed by atoms with E-state index in [0.29, 0.717) is 18.1 Å². The molecular weight excluding hydrogens is 254 g/mol. The number of nitrogens with one attached hydrogen (secondary N) is 1. The van der Waals surface area contributed by atoms with Crippen molar-refractivity contribution in [2.75, 3.05) is 18.1 Å². The molecule has 1 N–H and O–H groups in total. The summed E-state index contributed by atoms with van der Waals surface area (Å²) in [6.07, 6.45) is 2.44. The van der Waals surface area contributed by atoms with Crippen molar-refractivity contribution < 1.29 is 9.13 Å². The first-order valence-electron chi connectivity index (χ1n) is 5.60. The van der Waals surface area contributed by atoms with Gasteiger partial charge in [0.2, 0.25) is 0 Å². The smallest absolute Gasteiger partial charge is 0.290 e. The van der Waals surface area contributed by atoms with E-state index in [-0.39, 0.29) is 10.9 Å². The average Bonchev–Trinajstić information content (AvgIpc) is 2.28. The van der Waals surface area contributed by atoms with Gasteiger partial charge in [0.15, 0.2) is 0 Å². The lowest BCUT2D eigenvalue weighted by atomic mass is 10.3. The Morgan fingerprint density at radius 3 is 2.72 bits per heavy atom. The highest BCUT2D eigenvalue weighted by atomic mass is 32.2. The van der Waals surface area contributed by atoms with Gasteiger partial charge in [0.25, 0.3) is 5.69 Å². The van der Waals surface area contributed by atoms with Gasteiger partial charge in [-0.2, -0.15) is 0 Å². The minimum atomic E-state index is -0.832. The second-order valence-corrected chi connectivity index (χ2v) is 5.88. The lowest BCUT2D eigenvalue weighted by Gasteiger charge is -2.10. The van der Waals surface area contributed by atoms with E-state index in [0.717, 1.165) is 6.42 Å². The molecule has 1 aromatic rings. The second-order valence-electron chi connectivity index (χ2n) is 4.08. The quantitative estimate of drug-likeness (QED) is 0.630. The van der Waals surface area contributed by atoms with Crippen LogP contribution < -0.4 is 5.32 Å². The molecule has 0 aliphatic carbocycles. The highest BCUT2D eigenvalue weighted by Crippen LogP contribution is 2.17. The minimum Gasteiger partial charge on any atom is -0.370 e. The first-order chi connectivity index (χ1) is 8.41. The van der Waals surface area contributed by atoms with Gasteiger partial charge in [-0.05, 0) is 19.4 Å². The van der Waals surface area contributed by atoms with Gasteiger partial charge in [0, 0.05) is 34.9 Å². The molecule has 0 radical (unpaired) electrons. The van der Waals surface area contributed by atoms with Crippen LogP contribution in [0.15, 0.2) is 12.1 Å². The molecule has 18 heavy (non-hydrogen) atoms. The fourth-order valence-electron chi connectivity index (χ4n) is 1.41. The van der Waals surface area contributed by atoms with Crippen LogP contribution in [-0.2, 0) is 10.8 Å². The number of hydrogen-bond donors (Lipinski definition) is 1. The van der Waals surface area contributed by atoms with Crippen LogP contribution in [0, 0.1) is 17.0 Å². The number of nitrogens with zero attached hydrogens (tertiary/aromatic N) is 2. The van der Waals surface area contributed by atoms with Crippen LogP contribution in [0.4, 0.5) is 11.5 Å². The average molecular weight is 271 g/mol. The van der Waals surface area contributed by atoms with E-state index >= 15 is 0 Å². The van der Waals surface area contributed by atoms with Crippen molar-refractivity contribution >= 4 is 22.3 Å². The number of pyridine rings is 1. The molecule has 1 aromatic heterocycles. The van der Waals surface area contributed by atoms with E-state index in [1.165, 1.54) is 6.07 Å². The molecular formula is C11H17N3O3S. The Morgan fingerprint density at radius 2 is 2.22 bits per heavy atom. The summed E-state index contributed by atoms with van der Waals surface area (Å²) in [7, 11) is -0.832. The molecule has 0 bridgehead atoms. The van der Waals surface area contributed by atoms with Crippen molar-refractivity contribution in [1.82, 2.24) is 4.98 Å². The number of aromatic nitrogens is 1. The molecule has 1 heterocycles. The highest BCUT2D eigenvalue weighted by Gasteiger charge is 2.11. The van der Waals surface area contributed by atoms with Crippen LogP contribution in [0.25, 0.3) is 0 Å². The molecule has 0 saturated carbocycles. The summed E-state index contributed by atoms with van der Waals surface area (Å²) in [5, 5.41) is 13.8. The maximum absolute atomic E-state index is 11.2. The van der Waals surface area contributed by atoms with E-state index in [4.69, 9.17) is 0 Å². The third-order valence-corrected chi connectivity index (χ3v) is 4.05. The van der Waals surface area contributed by atoms with E-state index in [2.05, 4.69) is 10.3 Å². The maximum atomic E-state index is 11.2. The zero-order valence-electron chi connectivity index (χ0n) is 10.7. The first-order valence-corrected chi connectivity index (χ1v) is 7.22. The molecule has 0 spiro atoms. The first kappa shape index (κ1) is 14.6. The van der Waals surface area contributed by atoms with Crippen molar-refractivity contribution in [3.8, 4) is 0 Å². The number of aryl methyl sites for hydroxylation is 1. The number of hydrogen-bond acceptors (Lipinski definition) is 5. The van der Waals surface area contributed by atoms with Crippen molar-refractivity contribution in [3.05, 3.63) is 27.9 Å². The van der Waals surface area contributed by atoms with Gasteiger partial charge in [-0.25, -0.2) is 4.98 Å². The normalized spacial score (nSPS) is 13.9. The van der Waals surface area contributed by atoms with Crippen molar-refractivity contribution in [1.29, 1.82) is 0 Å². The number of nitro groups is 1. The molecule has 0 fully saturated rings. The maximum Gasteiger partial charge on any atom is 0.290 e. The lowest BCUT2D eigenvalue weighted by molar-refractivity contribution is -0.385. The predicted octanol–water partition coefficient (Wildman–Crippen LogP) is 1.87. The molecule has 0 saturated heterocycles. The van der Waals surface area contributed by atoms with Crippen LogP contribution in [0.3, 0.4) is 0 Å². The third kappa shape index (κ3) is 4.06. The Balaban J connectivity index is 2.56. The Kier molecular flexibility index (Phi) is 5.21. The third-order valence-electron chi connectivity index (χ3n) is 2.68. The van der Waals surface area contributed by atoms with Gasteiger partial charge in [-0.3, -0.25) is 14.3 Å². The van der Waals surface area contributed by atoms with E-state index < -0.39 is 15.7 Å². The molecule has 100 valence electrons. The number of rotatable bonds is 6. The Hall–Kier alpha value is -1.50. The lowest BCUT2D eigenvalue weighted by Crippen LogP contribution is -2.15. The van der Waals surface area contributed by atoms with Gasteiger partial charge in [-0.15, -0.1) is 0 Å². The zero-order valence-corrected chi connectivity index (χ0v) is 11.5. The summed E-state index contributed by atoms with van der Waals surface area (Å²) >= 11 is 0. The molecule has 2 atom stereocenters. The zero-order chi connectivity index (χ0) is 13.7. The molecule has 1 rings (SSSR count). The Morgan fingerprint density at radius 1 is 1.56 bits per heavy atom. The summed E-state index contributed by atoms with van der Waals surface area (Å²) in [6.45, 7) is 4.17. The van der Waals surface area contributed by atoms with Gasteiger partial charge >= 0.3 is 0 Å². The van der Waals surface area contributed by atoms with Crippen molar-refractivity contribution in [2.45, 2.75) is 25.5 Å². The van der Waals surface area contributed by atoms with E-state index in [1.54, 1.807) is 19.2 Å². The Bertz CT molecular complexity index is 465. The fraction of sp³-hybridized carbons (Fsp3) is 0.545. The van der Waals surface area contributed by atoms with Crippen LogP contribution in [0.5, 0.6) is 0 Å². The molecule has 7 heteroatoms. The monoisotopic (exact) mass is 271 g/mol. The van der Waals surface area contributed by atoms with Crippen LogP contribution >= 0.6 is 0 Å². The SMILES string of the molecule is Cc1nc(NCCC(C)S(C)=O)ccc1[N+](=O)[O-]. The number of anilines is 1. The van der Waals surface area contributed by atoms with Crippen LogP contribution in [0.2, 0.25) is 0 Å². The predicted molar refractivity (Wildman–Crippen MR) is 72.3 cm³/mol. The summed E-state index contributed by atoms with van der Waals surface area (Å²) < 4.78 is 11.2. The molecule has 0 amide bonds. The van der Waals surface area contributed by atoms with Gasteiger partial charge in [0.05, 0.1) is 4.92 Å². The summed E-state index contributed by atoms with van der Waals surface area (Å²) in [5.74, 6) is 0.604.